The Morgan fingerprint density at radius 2 is 2.06 bits per heavy atom. The highest BCUT2D eigenvalue weighted by Gasteiger charge is 2.33. The Morgan fingerprint density at radius 1 is 1.50 bits per heavy atom. The minimum absolute atomic E-state index is 0.241. The second kappa shape index (κ2) is 4.15. The van der Waals surface area contributed by atoms with Crippen LogP contribution in [0, 0.1) is 0 Å². The van der Waals surface area contributed by atoms with Crippen LogP contribution < -0.4 is 0 Å². The Hall–Kier alpha value is -1.52. The molecule has 0 spiro atoms. The van der Waals surface area contributed by atoms with E-state index in [1.807, 2.05) is 0 Å². The molecule has 0 radical (unpaired) electrons. The summed E-state index contributed by atoms with van der Waals surface area (Å²) in [5.74, 6) is -0.441. The van der Waals surface area contributed by atoms with E-state index in [1.54, 1.807) is 33.8 Å². The van der Waals surface area contributed by atoms with Gasteiger partial charge in [0.05, 0.1) is 11.6 Å². The van der Waals surface area contributed by atoms with Crippen molar-refractivity contribution in [2.24, 2.45) is 0 Å². The van der Waals surface area contributed by atoms with Crippen LogP contribution in [0.25, 0.3) is 0 Å². The van der Waals surface area contributed by atoms with E-state index in [2.05, 4.69) is 0 Å². The predicted molar refractivity (Wildman–Crippen MR) is 58.1 cm³/mol. The molecule has 90 valence electrons. The van der Waals surface area contributed by atoms with Crippen LogP contribution in [0.2, 0.25) is 0 Å². The van der Waals surface area contributed by atoms with Gasteiger partial charge in [-0.05, 0) is 27.7 Å². The van der Waals surface area contributed by atoms with Gasteiger partial charge in [-0.3, -0.25) is 4.90 Å². The monoisotopic (exact) mass is 227 g/mol. The van der Waals surface area contributed by atoms with Crippen LogP contribution in [0.3, 0.4) is 0 Å². The number of carbonyl (C=O) groups excluding carboxylic acids is 1. The van der Waals surface area contributed by atoms with Crippen molar-refractivity contribution in [3.63, 3.8) is 0 Å². The topological polar surface area (TPSA) is 66.8 Å². The zero-order chi connectivity index (χ0) is 12.5. The third-order valence-corrected chi connectivity index (χ3v) is 2.31. The predicted octanol–water partition coefficient (Wildman–Crippen LogP) is 1.64. The Kier molecular flexibility index (Phi) is 3.26. The second-order valence-corrected chi connectivity index (χ2v) is 4.77. The molecular formula is C11H17NO4. The number of amides is 1. The summed E-state index contributed by atoms with van der Waals surface area (Å²) in [5.41, 5.74) is -0.147. The third kappa shape index (κ3) is 2.74. The first-order chi connectivity index (χ1) is 7.22. The fraction of sp³-hybridized carbons (Fsp3) is 0.636. The molecule has 1 heterocycles. The van der Waals surface area contributed by atoms with Gasteiger partial charge in [0.15, 0.2) is 0 Å². The van der Waals surface area contributed by atoms with Gasteiger partial charge in [0.25, 0.3) is 0 Å². The van der Waals surface area contributed by atoms with Crippen molar-refractivity contribution in [3.8, 4) is 0 Å². The summed E-state index contributed by atoms with van der Waals surface area (Å²) in [5, 5.41) is 8.86. The van der Waals surface area contributed by atoms with Gasteiger partial charge in [0, 0.05) is 6.54 Å². The maximum absolute atomic E-state index is 11.7. The SMILES string of the molecule is C[C@H]1C(C(=O)OC(C)(C)C)=CCN1C(=O)O. The highest BCUT2D eigenvalue weighted by Crippen LogP contribution is 2.21. The number of hydrogen-bond acceptors (Lipinski definition) is 3. The van der Waals surface area contributed by atoms with Gasteiger partial charge in [0.1, 0.15) is 5.60 Å². The molecule has 1 amide bonds. The molecule has 0 aromatic rings. The van der Waals surface area contributed by atoms with Gasteiger partial charge in [0.2, 0.25) is 0 Å². The molecule has 0 fully saturated rings. The zero-order valence-electron chi connectivity index (χ0n) is 9.98. The maximum atomic E-state index is 11.7. The van der Waals surface area contributed by atoms with Crippen LogP contribution in [0.1, 0.15) is 27.7 Å². The van der Waals surface area contributed by atoms with Crippen molar-refractivity contribution < 1.29 is 19.4 Å². The molecule has 1 aliphatic heterocycles. The lowest BCUT2D eigenvalue weighted by atomic mass is 10.1. The summed E-state index contributed by atoms with van der Waals surface area (Å²) in [6, 6.07) is -0.438. The summed E-state index contributed by atoms with van der Waals surface area (Å²) in [6.45, 7) is 7.25. The first-order valence-corrected chi connectivity index (χ1v) is 5.15. The third-order valence-electron chi connectivity index (χ3n) is 2.31. The Labute approximate surface area is 94.7 Å². The van der Waals surface area contributed by atoms with E-state index >= 15 is 0 Å². The lowest BCUT2D eigenvalue weighted by Gasteiger charge is -2.23. The van der Waals surface area contributed by atoms with Gasteiger partial charge in [-0.25, -0.2) is 9.59 Å². The molecule has 1 atom stereocenters. The number of hydrogen-bond donors (Lipinski definition) is 1. The largest absolute Gasteiger partial charge is 0.465 e. The molecule has 0 saturated carbocycles. The molecule has 5 heteroatoms. The molecule has 1 N–H and O–H groups in total. The van der Waals surface area contributed by atoms with Crippen LogP contribution >= 0.6 is 0 Å². The average Bonchev–Trinajstić information content (AvgIpc) is 2.43. The number of rotatable bonds is 1. The van der Waals surface area contributed by atoms with E-state index in [0.717, 1.165) is 0 Å². The molecule has 0 saturated heterocycles. The van der Waals surface area contributed by atoms with E-state index < -0.39 is 23.7 Å². The first kappa shape index (κ1) is 12.5. The summed E-state index contributed by atoms with van der Waals surface area (Å²) < 4.78 is 5.19. The molecule has 5 nitrogen and oxygen atoms in total. The number of ether oxygens (including phenoxy) is 1. The molecule has 16 heavy (non-hydrogen) atoms. The van der Waals surface area contributed by atoms with E-state index in [1.165, 1.54) is 4.90 Å². The molecule has 0 bridgehead atoms. The van der Waals surface area contributed by atoms with Crippen LogP contribution in [0.5, 0.6) is 0 Å². The quantitative estimate of drug-likeness (QED) is 0.691. The Bertz CT molecular complexity index is 340. The summed E-state index contributed by atoms with van der Waals surface area (Å²) in [4.78, 5) is 23.7. The van der Waals surface area contributed by atoms with Crippen LogP contribution in [-0.4, -0.2) is 40.3 Å². The highest BCUT2D eigenvalue weighted by atomic mass is 16.6. The smallest absolute Gasteiger partial charge is 0.408 e. The molecule has 0 aliphatic carbocycles. The van der Waals surface area contributed by atoms with Crippen molar-refractivity contribution in [2.45, 2.75) is 39.3 Å². The van der Waals surface area contributed by atoms with E-state index in [4.69, 9.17) is 9.84 Å². The molecule has 1 aliphatic rings. The van der Waals surface area contributed by atoms with E-state index in [0.29, 0.717) is 5.57 Å². The molecule has 0 aromatic carbocycles. The highest BCUT2D eigenvalue weighted by molar-refractivity contribution is 5.91. The molecule has 0 aromatic heterocycles. The van der Waals surface area contributed by atoms with E-state index in [-0.39, 0.29) is 6.54 Å². The van der Waals surface area contributed by atoms with Crippen molar-refractivity contribution in [1.82, 2.24) is 4.90 Å². The molecular weight excluding hydrogens is 210 g/mol. The minimum atomic E-state index is -1.03. The van der Waals surface area contributed by atoms with Crippen molar-refractivity contribution >= 4 is 12.1 Å². The Balaban J connectivity index is 2.70. The molecule has 1 rings (SSSR count). The average molecular weight is 227 g/mol. The molecule has 0 unspecified atom stereocenters. The fourth-order valence-electron chi connectivity index (χ4n) is 1.53. The summed E-state index contributed by atoms with van der Waals surface area (Å²) in [7, 11) is 0. The lowest BCUT2D eigenvalue weighted by Crippen LogP contribution is -2.36. The second-order valence-electron chi connectivity index (χ2n) is 4.77. The standard InChI is InChI=1S/C11H17NO4/c1-7-8(5-6-12(7)10(14)15)9(13)16-11(2,3)4/h5,7H,6H2,1-4H3,(H,14,15)/t7-/m0/s1. The minimum Gasteiger partial charge on any atom is -0.465 e. The normalized spacial score (nSPS) is 20.6. The number of carbonyl (C=O) groups is 2. The summed E-state index contributed by atoms with van der Waals surface area (Å²) in [6.07, 6.45) is 0.578. The van der Waals surface area contributed by atoms with Crippen molar-refractivity contribution in [2.75, 3.05) is 6.54 Å². The van der Waals surface area contributed by atoms with Gasteiger partial charge in [-0.15, -0.1) is 0 Å². The van der Waals surface area contributed by atoms with Gasteiger partial charge in [-0.1, -0.05) is 6.08 Å². The van der Waals surface area contributed by atoms with Crippen LogP contribution in [0.15, 0.2) is 11.6 Å². The van der Waals surface area contributed by atoms with Gasteiger partial charge < -0.3 is 9.84 Å². The van der Waals surface area contributed by atoms with Crippen LogP contribution in [0.4, 0.5) is 4.79 Å². The van der Waals surface area contributed by atoms with Gasteiger partial charge >= 0.3 is 12.1 Å². The number of nitrogens with zero attached hydrogens (tertiary/aromatic N) is 1. The number of carboxylic acid groups (broad SMARTS) is 1. The zero-order valence-corrected chi connectivity index (χ0v) is 9.98. The van der Waals surface area contributed by atoms with Crippen molar-refractivity contribution in [1.29, 1.82) is 0 Å². The lowest BCUT2D eigenvalue weighted by molar-refractivity contribution is -0.150. The maximum Gasteiger partial charge on any atom is 0.408 e. The summed E-state index contributed by atoms with van der Waals surface area (Å²) >= 11 is 0. The fourth-order valence-corrected chi connectivity index (χ4v) is 1.53. The Morgan fingerprint density at radius 3 is 2.44 bits per heavy atom. The first-order valence-electron chi connectivity index (χ1n) is 5.15. The van der Waals surface area contributed by atoms with Crippen molar-refractivity contribution in [3.05, 3.63) is 11.6 Å². The van der Waals surface area contributed by atoms with Crippen LogP contribution in [-0.2, 0) is 9.53 Å². The van der Waals surface area contributed by atoms with E-state index in [9.17, 15) is 9.59 Å². The van der Waals surface area contributed by atoms with Gasteiger partial charge in [-0.2, -0.15) is 0 Å². The number of esters is 1.